The molecule has 9 aromatic carbocycles. The number of hydrogen-bond donors (Lipinski definition) is 0. The summed E-state index contributed by atoms with van der Waals surface area (Å²) in [6, 6.07) is 82.5. The minimum Gasteiger partial charge on any atom is -0.310 e. The molecule has 0 heterocycles. The molecule has 0 aliphatic heterocycles. The van der Waals surface area contributed by atoms with Crippen molar-refractivity contribution >= 4 is 17.1 Å². The summed E-state index contributed by atoms with van der Waals surface area (Å²) in [5.41, 5.74) is 20.7. The molecule has 2 aliphatic carbocycles. The predicted molar refractivity (Wildman–Crippen MR) is 234 cm³/mol. The van der Waals surface area contributed by atoms with Crippen molar-refractivity contribution in [3.05, 3.63) is 247 Å². The van der Waals surface area contributed by atoms with E-state index in [1.54, 1.807) is 0 Å². The van der Waals surface area contributed by atoms with Gasteiger partial charge in [-0.05, 0) is 114 Å². The fourth-order valence-electron chi connectivity index (χ4n) is 9.49. The Morgan fingerprint density at radius 1 is 0.232 bits per heavy atom. The minimum absolute atomic E-state index is 0.494. The van der Waals surface area contributed by atoms with Crippen LogP contribution in [0.4, 0.5) is 17.1 Å². The van der Waals surface area contributed by atoms with E-state index in [1.807, 2.05) is 0 Å². The lowest BCUT2D eigenvalue weighted by Gasteiger charge is -2.35. The quantitative estimate of drug-likeness (QED) is 0.172. The highest BCUT2D eigenvalue weighted by Gasteiger charge is 2.49. The molecule has 0 saturated carbocycles. The molecular weight excluding hydrogens is 675 g/mol. The van der Waals surface area contributed by atoms with Gasteiger partial charge in [0.25, 0.3) is 0 Å². The van der Waals surface area contributed by atoms with Crippen LogP contribution in [0.5, 0.6) is 0 Å². The van der Waals surface area contributed by atoms with E-state index in [1.165, 1.54) is 77.9 Å². The average molecular weight is 712 g/mol. The second-order valence-electron chi connectivity index (χ2n) is 14.8. The van der Waals surface area contributed by atoms with Gasteiger partial charge < -0.3 is 4.90 Å². The van der Waals surface area contributed by atoms with Gasteiger partial charge in [0.15, 0.2) is 0 Å². The highest BCUT2D eigenvalue weighted by atomic mass is 15.1. The maximum Gasteiger partial charge on any atom is 0.0725 e. The normalized spacial score (nSPS) is 12.8. The Morgan fingerprint density at radius 3 is 1.09 bits per heavy atom. The van der Waals surface area contributed by atoms with Crippen molar-refractivity contribution in [1.29, 1.82) is 0 Å². The van der Waals surface area contributed by atoms with E-state index in [0.29, 0.717) is 0 Å². The Bertz CT molecular complexity index is 2820. The average Bonchev–Trinajstić information content (AvgIpc) is 3.52. The molecular formula is C55H37N. The van der Waals surface area contributed by atoms with Crippen LogP contribution in [0.25, 0.3) is 55.6 Å². The van der Waals surface area contributed by atoms with Crippen molar-refractivity contribution < 1.29 is 0 Å². The number of anilines is 3. The summed E-state index contributed by atoms with van der Waals surface area (Å²) in [7, 11) is 0. The van der Waals surface area contributed by atoms with E-state index < -0.39 is 5.41 Å². The molecule has 11 rings (SSSR count). The zero-order chi connectivity index (χ0) is 37.1. The molecule has 1 nitrogen and oxygen atoms in total. The smallest absolute Gasteiger partial charge is 0.0725 e. The SMILES string of the molecule is c1ccc(-c2ccc(-c3ccc(N(c4ccccc4)c4ccc5c(c4)-c4ccccc4C54c5ccccc5-c5ccccc5-c5ccccc54)cc3)cc2)cc1. The van der Waals surface area contributed by atoms with E-state index in [2.05, 4.69) is 229 Å². The van der Waals surface area contributed by atoms with Crippen LogP contribution in [0.15, 0.2) is 224 Å². The number of fused-ring (bicyclic) bond motifs is 12. The Morgan fingerprint density at radius 2 is 0.571 bits per heavy atom. The lowest BCUT2D eigenvalue weighted by atomic mass is 9.66. The van der Waals surface area contributed by atoms with E-state index in [-0.39, 0.29) is 0 Å². The van der Waals surface area contributed by atoms with E-state index in [0.717, 1.165) is 17.1 Å². The molecule has 0 fully saturated rings. The van der Waals surface area contributed by atoms with Crippen LogP contribution in [0.1, 0.15) is 22.3 Å². The summed E-state index contributed by atoms with van der Waals surface area (Å²) in [6.07, 6.45) is 0. The molecule has 0 saturated heterocycles. The molecule has 9 aromatic rings. The van der Waals surface area contributed by atoms with Crippen molar-refractivity contribution in [2.24, 2.45) is 0 Å². The zero-order valence-corrected chi connectivity index (χ0v) is 30.8. The van der Waals surface area contributed by atoms with Gasteiger partial charge in [-0.15, -0.1) is 0 Å². The first-order valence-corrected chi connectivity index (χ1v) is 19.4. The van der Waals surface area contributed by atoms with Gasteiger partial charge in [-0.2, -0.15) is 0 Å². The van der Waals surface area contributed by atoms with Gasteiger partial charge in [0, 0.05) is 17.1 Å². The summed E-state index contributed by atoms with van der Waals surface area (Å²) in [4.78, 5) is 2.39. The Kier molecular flexibility index (Phi) is 7.47. The first-order chi connectivity index (χ1) is 27.8. The molecule has 0 radical (unpaired) electrons. The standard InChI is InChI=1S/C55H37N/c1-3-15-38(16-4-1)39-27-29-40(30-28-39)41-31-33-43(34-32-41)56(42-17-5-2-6-18-42)44-35-36-54-50(37-44)49-23-11-14-26-53(49)55(54)51-24-12-9-21-47(51)45-19-7-8-20-46(45)48-22-10-13-25-52(48)55/h1-37H. The van der Waals surface area contributed by atoms with Crippen molar-refractivity contribution in [2.75, 3.05) is 4.90 Å². The number of nitrogens with zero attached hydrogens (tertiary/aromatic N) is 1. The summed E-state index contributed by atoms with van der Waals surface area (Å²) in [6.45, 7) is 0. The van der Waals surface area contributed by atoms with Crippen LogP contribution < -0.4 is 4.90 Å². The summed E-state index contributed by atoms with van der Waals surface area (Å²) >= 11 is 0. The summed E-state index contributed by atoms with van der Waals surface area (Å²) in [5.74, 6) is 0. The fraction of sp³-hybridized carbons (Fsp3) is 0.0182. The fourth-order valence-corrected chi connectivity index (χ4v) is 9.49. The van der Waals surface area contributed by atoms with Gasteiger partial charge in [0.2, 0.25) is 0 Å². The maximum absolute atomic E-state index is 2.43. The Balaban J connectivity index is 1.07. The van der Waals surface area contributed by atoms with Gasteiger partial charge in [0.1, 0.15) is 0 Å². The van der Waals surface area contributed by atoms with Crippen LogP contribution in [0, 0.1) is 0 Å². The molecule has 0 bridgehead atoms. The third-order valence-electron chi connectivity index (χ3n) is 11.9. The van der Waals surface area contributed by atoms with Crippen LogP contribution in [-0.4, -0.2) is 0 Å². The van der Waals surface area contributed by atoms with Gasteiger partial charge in [-0.25, -0.2) is 0 Å². The van der Waals surface area contributed by atoms with E-state index in [9.17, 15) is 0 Å². The topological polar surface area (TPSA) is 3.24 Å². The molecule has 0 amide bonds. The lowest BCUT2D eigenvalue weighted by molar-refractivity contribution is 0.775. The number of hydrogen-bond acceptors (Lipinski definition) is 1. The van der Waals surface area contributed by atoms with Gasteiger partial charge in [-0.3, -0.25) is 0 Å². The van der Waals surface area contributed by atoms with Crippen molar-refractivity contribution in [2.45, 2.75) is 5.41 Å². The van der Waals surface area contributed by atoms with Gasteiger partial charge >= 0.3 is 0 Å². The summed E-state index contributed by atoms with van der Waals surface area (Å²) < 4.78 is 0. The van der Waals surface area contributed by atoms with Crippen LogP contribution in [0.3, 0.4) is 0 Å². The molecule has 0 unspecified atom stereocenters. The van der Waals surface area contributed by atoms with Crippen molar-refractivity contribution in [1.82, 2.24) is 0 Å². The van der Waals surface area contributed by atoms with Gasteiger partial charge in [0.05, 0.1) is 5.41 Å². The molecule has 0 aromatic heterocycles. The van der Waals surface area contributed by atoms with Crippen LogP contribution >= 0.6 is 0 Å². The monoisotopic (exact) mass is 711 g/mol. The van der Waals surface area contributed by atoms with Crippen molar-refractivity contribution in [3.63, 3.8) is 0 Å². The molecule has 1 spiro atoms. The number of para-hydroxylation sites is 1. The molecule has 1 heteroatoms. The van der Waals surface area contributed by atoms with Crippen molar-refractivity contribution in [3.8, 4) is 55.6 Å². The van der Waals surface area contributed by atoms with Crippen LogP contribution in [0.2, 0.25) is 0 Å². The second kappa shape index (κ2) is 13.0. The largest absolute Gasteiger partial charge is 0.310 e. The third kappa shape index (κ3) is 4.88. The first kappa shape index (κ1) is 32.2. The first-order valence-electron chi connectivity index (χ1n) is 19.4. The van der Waals surface area contributed by atoms with Crippen LogP contribution in [-0.2, 0) is 5.41 Å². The predicted octanol–water partition coefficient (Wildman–Crippen LogP) is 14.5. The molecule has 0 N–H and O–H groups in total. The molecule has 0 atom stereocenters. The number of rotatable bonds is 5. The second-order valence-corrected chi connectivity index (χ2v) is 14.8. The highest BCUT2D eigenvalue weighted by molar-refractivity contribution is 5.98. The highest BCUT2D eigenvalue weighted by Crippen LogP contribution is 2.62. The summed E-state index contributed by atoms with van der Waals surface area (Å²) in [5, 5.41) is 0. The Labute approximate surface area is 328 Å². The molecule has 56 heavy (non-hydrogen) atoms. The van der Waals surface area contributed by atoms with Gasteiger partial charge in [-0.1, -0.05) is 188 Å². The number of benzene rings is 9. The minimum atomic E-state index is -0.494. The Hall–Kier alpha value is -7.22. The van der Waals surface area contributed by atoms with E-state index >= 15 is 0 Å². The van der Waals surface area contributed by atoms with E-state index in [4.69, 9.17) is 0 Å². The third-order valence-corrected chi connectivity index (χ3v) is 11.9. The molecule has 2 aliphatic rings. The maximum atomic E-state index is 2.43. The lowest BCUT2D eigenvalue weighted by Crippen LogP contribution is -2.29. The molecule has 262 valence electrons. The zero-order valence-electron chi connectivity index (χ0n) is 30.8.